The molecule has 2 rings (SSSR count). The number of carbonyl (C=O) groups is 1. The van der Waals surface area contributed by atoms with Crippen molar-refractivity contribution in [1.29, 1.82) is 0 Å². The van der Waals surface area contributed by atoms with Gasteiger partial charge in [0.25, 0.3) is 5.91 Å². The Morgan fingerprint density at radius 2 is 2.20 bits per heavy atom. The minimum atomic E-state index is -0.0961. The SMILES string of the molecule is CCOC1CC(NC(=O)c2cc(Cl)cc(Br)c2)C1(C)C. The highest BCUT2D eigenvalue weighted by atomic mass is 79.9. The molecule has 0 aliphatic heterocycles. The first-order valence-electron chi connectivity index (χ1n) is 6.73. The van der Waals surface area contributed by atoms with Crippen molar-refractivity contribution in [2.24, 2.45) is 5.41 Å². The Hall–Kier alpha value is -0.580. The molecule has 1 aromatic rings. The van der Waals surface area contributed by atoms with Crippen molar-refractivity contribution >= 4 is 33.4 Å². The lowest BCUT2D eigenvalue weighted by molar-refractivity contribution is -0.111. The van der Waals surface area contributed by atoms with E-state index in [4.69, 9.17) is 16.3 Å². The number of nitrogens with one attached hydrogen (secondary N) is 1. The van der Waals surface area contributed by atoms with E-state index >= 15 is 0 Å². The summed E-state index contributed by atoms with van der Waals surface area (Å²) < 4.78 is 6.47. The lowest BCUT2D eigenvalue weighted by Crippen LogP contribution is -2.62. The molecule has 1 aliphatic carbocycles. The van der Waals surface area contributed by atoms with Crippen LogP contribution < -0.4 is 5.32 Å². The highest BCUT2D eigenvalue weighted by Crippen LogP contribution is 2.42. The Morgan fingerprint density at radius 1 is 1.50 bits per heavy atom. The summed E-state index contributed by atoms with van der Waals surface area (Å²) >= 11 is 9.32. The first-order chi connectivity index (χ1) is 9.34. The molecular weight excluding hydrogens is 342 g/mol. The van der Waals surface area contributed by atoms with E-state index in [9.17, 15) is 4.79 Å². The standard InChI is InChI=1S/C15H19BrClNO2/c1-4-20-13-8-12(15(13,2)3)18-14(19)9-5-10(16)7-11(17)6-9/h5-7,12-13H,4,8H2,1-3H3,(H,18,19). The predicted octanol–water partition coefficient (Wildman–Crippen LogP) is 4.04. The Kier molecular flexibility index (Phi) is 4.77. The minimum Gasteiger partial charge on any atom is -0.378 e. The summed E-state index contributed by atoms with van der Waals surface area (Å²) in [5.41, 5.74) is 0.529. The van der Waals surface area contributed by atoms with Gasteiger partial charge in [-0.15, -0.1) is 0 Å². The fraction of sp³-hybridized carbons (Fsp3) is 0.533. The topological polar surface area (TPSA) is 38.3 Å². The molecule has 1 saturated carbocycles. The molecule has 110 valence electrons. The zero-order valence-corrected chi connectivity index (χ0v) is 14.2. The van der Waals surface area contributed by atoms with Crippen LogP contribution in [0.1, 0.15) is 37.6 Å². The highest BCUT2D eigenvalue weighted by Gasteiger charge is 2.49. The van der Waals surface area contributed by atoms with Crippen molar-refractivity contribution in [3.8, 4) is 0 Å². The van der Waals surface area contributed by atoms with Gasteiger partial charge in [-0.2, -0.15) is 0 Å². The second-order valence-electron chi connectivity index (χ2n) is 5.69. The van der Waals surface area contributed by atoms with E-state index in [0.29, 0.717) is 17.2 Å². The average molecular weight is 361 g/mol. The van der Waals surface area contributed by atoms with Crippen LogP contribution in [0.5, 0.6) is 0 Å². The Balaban J connectivity index is 2.02. The molecule has 1 aromatic carbocycles. The van der Waals surface area contributed by atoms with E-state index in [0.717, 1.165) is 10.9 Å². The fourth-order valence-electron chi connectivity index (χ4n) is 2.54. The molecule has 2 unspecified atom stereocenters. The summed E-state index contributed by atoms with van der Waals surface area (Å²) in [7, 11) is 0. The summed E-state index contributed by atoms with van der Waals surface area (Å²) in [6.07, 6.45) is 1.07. The highest BCUT2D eigenvalue weighted by molar-refractivity contribution is 9.10. The van der Waals surface area contributed by atoms with Gasteiger partial charge < -0.3 is 10.1 Å². The van der Waals surface area contributed by atoms with Crippen molar-refractivity contribution in [1.82, 2.24) is 5.32 Å². The molecule has 5 heteroatoms. The molecule has 1 N–H and O–H groups in total. The van der Waals surface area contributed by atoms with Gasteiger partial charge in [0.2, 0.25) is 0 Å². The fourth-order valence-corrected chi connectivity index (χ4v) is 3.40. The van der Waals surface area contributed by atoms with Gasteiger partial charge in [0.05, 0.1) is 6.10 Å². The first kappa shape index (κ1) is 15.8. The third-order valence-corrected chi connectivity index (χ3v) is 4.65. The van der Waals surface area contributed by atoms with Gasteiger partial charge >= 0.3 is 0 Å². The molecule has 0 spiro atoms. The summed E-state index contributed by atoms with van der Waals surface area (Å²) in [5, 5.41) is 3.61. The molecule has 0 radical (unpaired) electrons. The number of hydrogen-bond acceptors (Lipinski definition) is 2. The van der Waals surface area contributed by atoms with Crippen LogP contribution in [0.3, 0.4) is 0 Å². The second-order valence-corrected chi connectivity index (χ2v) is 7.04. The van der Waals surface area contributed by atoms with Gasteiger partial charge in [-0.1, -0.05) is 41.4 Å². The van der Waals surface area contributed by atoms with E-state index in [-0.39, 0.29) is 23.5 Å². The Bertz CT molecular complexity index is 498. The van der Waals surface area contributed by atoms with E-state index in [2.05, 4.69) is 35.1 Å². The predicted molar refractivity (Wildman–Crippen MR) is 84.2 cm³/mol. The molecule has 1 amide bonds. The average Bonchev–Trinajstić information content (AvgIpc) is 2.36. The number of carbonyl (C=O) groups excluding carboxylic acids is 1. The van der Waals surface area contributed by atoms with Crippen molar-refractivity contribution < 1.29 is 9.53 Å². The van der Waals surface area contributed by atoms with Gasteiger partial charge in [-0.25, -0.2) is 0 Å². The Labute approximate surface area is 133 Å². The maximum absolute atomic E-state index is 12.3. The van der Waals surface area contributed by atoms with Gasteiger partial charge in [-0.3, -0.25) is 4.79 Å². The molecular formula is C15H19BrClNO2. The van der Waals surface area contributed by atoms with Crippen LogP contribution in [-0.4, -0.2) is 24.7 Å². The van der Waals surface area contributed by atoms with Crippen LogP contribution in [0.2, 0.25) is 5.02 Å². The largest absolute Gasteiger partial charge is 0.378 e. The van der Waals surface area contributed by atoms with Crippen LogP contribution in [0.25, 0.3) is 0 Å². The number of amides is 1. The molecule has 3 nitrogen and oxygen atoms in total. The quantitative estimate of drug-likeness (QED) is 0.880. The third-order valence-electron chi connectivity index (χ3n) is 3.98. The third kappa shape index (κ3) is 3.18. The molecule has 1 fully saturated rings. The summed E-state index contributed by atoms with van der Waals surface area (Å²) in [4.78, 5) is 12.3. The summed E-state index contributed by atoms with van der Waals surface area (Å²) in [5.74, 6) is -0.0961. The van der Waals surface area contributed by atoms with Crippen molar-refractivity contribution in [3.63, 3.8) is 0 Å². The summed E-state index contributed by atoms with van der Waals surface area (Å²) in [6, 6.07) is 5.33. The van der Waals surface area contributed by atoms with Gasteiger partial charge in [0.15, 0.2) is 0 Å². The van der Waals surface area contributed by atoms with Crippen molar-refractivity contribution in [2.45, 2.75) is 39.3 Å². The van der Waals surface area contributed by atoms with Crippen LogP contribution in [0.4, 0.5) is 0 Å². The van der Waals surface area contributed by atoms with Crippen LogP contribution >= 0.6 is 27.5 Å². The van der Waals surface area contributed by atoms with Crippen molar-refractivity contribution in [2.75, 3.05) is 6.61 Å². The van der Waals surface area contributed by atoms with Crippen LogP contribution in [0, 0.1) is 5.41 Å². The molecule has 0 heterocycles. The maximum atomic E-state index is 12.3. The Morgan fingerprint density at radius 3 is 2.75 bits per heavy atom. The van der Waals surface area contributed by atoms with E-state index < -0.39 is 0 Å². The first-order valence-corrected chi connectivity index (χ1v) is 7.90. The number of benzene rings is 1. The van der Waals surface area contributed by atoms with E-state index in [1.807, 2.05) is 6.92 Å². The second kappa shape index (κ2) is 6.04. The number of halogens is 2. The van der Waals surface area contributed by atoms with Crippen molar-refractivity contribution in [3.05, 3.63) is 33.3 Å². The van der Waals surface area contributed by atoms with E-state index in [1.54, 1.807) is 18.2 Å². The monoisotopic (exact) mass is 359 g/mol. The molecule has 2 atom stereocenters. The van der Waals surface area contributed by atoms with E-state index in [1.165, 1.54) is 0 Å². The number of rotatable bonds is 4. The van der Waals surface area contributed by atoms with Gasteiger partial charge in [-0.05, 0) is 31.5 Å². The van der Waals surface area contributed by atoms with Gasteiger partial charge in [0, 0.05) is 33.1 Å². The molecule has 0 aromatic heterocycles. The molecule has 20 heavy (non-hydrogen) atoms. The summed E-state index contributed by atoms with van der Waals surface area (Å²) in [6.45, 7) is 6.94. The molecule has 1 aliphatic rings. The lowest BCUT2D eigenvalue weighted by Gasteiger charge is -2.51. The van der Waals surface area contributed by atoms with Crippen LogP contribution in [-0.2, 0) is 4.74 Å². The van der Waals surface area contributed by atoms with Crippen LogP contribution in [0.15, 0.2) is 22.7 Å². The zero-order valence-electron chi connectivity index (χ0n) is 11.9. The maximum Gasteiger partial charge on any atom is 0.251 e. The van der Waals surface area contributed by atoms with Gasteiger partial charge in [0.1, 0.15) is 0 Å². The minimum absolute atomic E-state index is 0.0402. The lowest BCUT2D eigenvalue weighted by atomic mass is 9.64. The number of ether oxygens (including phenoxy) is 1. The molecule has 0 saturated heterocycles. The number of hydrogen-bond donors (Lipinski definition) is 1. The smallest absolute Gasteiger partial charge is 0.251 e. The molecule has 0 bridgehead atoms. The normalized spacial score (nSPS) is 24.1. The zero-order chi connectivity index (χ0) is 14.9.